The van der Waals surface area contributed by atoms with Gasteiger partial charge in [0.25, 0.3) is 0 Å². The first-order valence-corrected chi connectivity index (χ1v) is 17.8. The molecule has 0 aliphatic heterocycles. The number of rotatable bonds is 9. The highest BCUT2D eigenvalue weighted by Crippen LogP contribution is 2.39. The summed E-state index contributed by atoms with van der Waals surface area (Å²) in [6, 6.07) is 24.5. The summed E-state index contributed by atoms with van der Waals surface area (Å²) >= 11 is 2.54. The van der Waals surface area contributed by atoms with E-state index in [0.29, 0.717) is 27.2 Å². The third-order valence-electron chi connectivity index (χ3n) is 6.46. The van der Waals surface area contributed by atoms with Crippen molar-refractivity contribution in [3.63, 3.8) is 0 Å². The van der Waals surface area contributed by atoms with Gasteiger partial charge in [0.15, 0.2) is 5.96 Å². The number of anilines is 1. The van der Waals surface area contributed by atoms with Gasteiger partial charge in [0.2, 0.25) is 9.84 Å². The maximum Gasteiger partial charge on any atom is 0.490 e. The molecule has 8 N–H and O–H groups in total. The van der Waals surface area contributed by atoms with Crippen LogP contribution in [-0.4, -0.2) is 67.5 Å². The highest BCUT2D eigenvalue weighted by atomic mass is 32.2. The topological polar surface area (TPSA) is 209 Å². The predicted molar refractivity (Wildman–Crippen MR) is 187 cm³/mol. The number of sulfone groups is 1. The lowest BCUT2D eigenvalue weighted by molar-refractivity contribution is -0.193. The van der Waals surface area contributed by atoms with Crippen molar-refractivity contribution in [2.24, 2.45) is 16.5 Å². The first-order valence-electron chi connectivity index (χ1n) is 14.3. The van der Waals surface area contributed by atoms with E-state index in [0.717, 1.165) is 23.2 Å². The minimum Gasteiger partial charge on any atom is -0.475 e. The molecule has 0 atom stereocenters. The lowest BCUT2D eigenvalue weighted by Gasteiger charge is -2.13. The van der Waals surface area contributed by atoms with Gasteiger partial charge in [-0.15, -0.1) is 23.1 Å². The van der Waals surface area contributed by atoms with Gasteiger partial charge >= 0.3 is 24.3 Å². The van der Waals surface area contributed by atoms with Crippen molar-refractivity contribution in [3.8, 4) is 11.1 Å². The van der Waals surface area contributed by atoms with Crippen LogP contribution < -0.4 is 16.8 Å². The van der Waals surface area contributed by atoms with Gasteiger partial charge in [-0.05, 0) is 66.1 Å². The molecule has 0 aliphatic carbocycles. The summed E-state index contributed by atoms with van der Waals surface area (Å²) in [5.74, 6) is -5.32. The van der Waals surface area contributed by atoms with Crippen molar-refractivity contribution >= 4 is 62.4 Å². The maximum atomic E-state index is 13.7. The van der Waals surface area contributed by atoms with Gasteiger partial charge in [-0.3, -0.25) is 10.4 Å². The van der Waals surface area contributed by atoms with E-state index in [4.69, 9.17) is 36.7 Å². The van der Waals surface area contributed by atoms with E-state index in [2.05, 4.69) is 22.4 Å². The molecule has 1 aromatic heterocycles. The van der Waals surface area contributed by atoms with Crippen molar-refractivity contribution in [3.05, 3.63) is 94.9 Å². The number of nitrogens with zero attached hydrogens (tertiary/aromatic N) is 1. The fourth-order valence-electron chi connectivity index (χ4n) is 4.03. The molecule has 0 aliphatic rings. The normalized spacial score (nSPS) is 11.7. The van der Waals surface area contributed by atoms with Crippen LogP contribution in [-0.2, 0) is 25.8 Å². The molecular formula is C32H31F6N5O6S3. The molecular weight excluding hydrogens is 761 g/mol. The zero-order valence-electron chi connectivity index (χ0n) is 27.0. The van der Waals surface area contributed by atoms with E-state index in [1.165, 1.54) is 34.7 Å². The molecule has 0 fully saturated rings. The summed E-state index contributed by atoms with van der Waals surface area (Å²) in [6.07, 6.45) is -7.55. The second-order valence-electron chi connectivity index (χ2n) is 10.1. The SMILES string of the molecule is CSc1sc(C(=N)N)cc1S(=O)(=O)c1cccc(-c2ccc(NC(N)=NCCc3ccccc3)cc2)c1C.O=C(O)C(F)(F)F.O=C(O)C(F)(F)F. The van der Waals surface area contributed by atoms with Crippen LogP contribution in [0.25, 0.3) is 11.1 Å². The van der Waals surface area contributed by atoms with Crippen LogP contribution in [0.1, 0.15) is 16.0 Å². The monoisotopic (exact) mass is 791 g/mol. The number of benzene rings is 3. The van der Waals surface area contributed by atoms with Crippen LogP contribution in [0.4, 0.5) is 32.0 Å². The highest BCUT2D eigenvalue weighted by Gasteiger charge is 2.39. The molecule has 20 heteroatoms. The minimum absolute atomic E-state index is 0.146. The van der Waals surface area contributed by atoms with Crippen LogP contribution in [0.2, 0.25) is 0 Å². The van der Waals surface area contributed by atoms with E-state index < -0.39 is 34.1 Å². The van der Waals surface area contributed by atoms with Crippen LogP contribution in [0, 0.1) is 12.3 Å². The Morgan fingerprint density at radius 2 is 1.42 bits per heavy atom. The number of aliphatic imine (C=N–C) groups is 1. The lowest BCUT2D eigenvalue weighted by Crippen LogP contribution is -2.23. The number of amidine groups is 1. The third-order valence-corrected chi connectivity index (χ3v) is 10.9. The van der Waals surface area contributed by atoms with Gasteiger partial charge < -0.3 is 27.0 Å². The van der Waals surface area contributed by atoms with Gasteiger partial charge in [-0.25, -0.2) is 18.0 Å². The number of thiophene rings is 1. The quantitative estimate of drug-likeness (QED) is 0.0452. The number of hydrogen-bond acceptors (Lipinski definition) is 8. The Labute approximate surface area is 301 Å². The number of alkyl halides is 6. The van der Waals surface area contributed by atoms with Crippen molar-refractivity contribution in [2.75, 3.05) is 18.1 Å². The van der Waals surface area contributed by atoms with Crippen LogP contribution >= 0.6 is 23.1 Å². The number of carboxylic acid groups (broad SMARTS) is 2. The van der Waals surface area contributed by atoms with Gasteiger partial charge in [0.1, 0.15) is 5.84 Å². The smallest absolute Gasteiger partial charge is 0.475 e. The lowest BCUT2D eigenvalue weighted by atomic mass is 10.0. The van der Waals surface area contributed by atoms with Gasteiger partial charge in [-0.1, -0.05) is 54.6 Å². The molecule has 11 nitrogen and oxygen atoms in total. The first kappa shape index (κ1) is 43.1. The molecule has 0 spiro atoms. The maximum absolute atomic E-state index is 13.7. The van der Waals surface area contributed by atoms with Crippen molar-refractivity contribution < 1.29 is 54.6 Å². The standard InChI is InChI=1S/C28H29N5O2S3.2C2HF3O2/c1-18-22(9-6-10-24(18)38(34,35)25-17-23(26(29)30)37-27(25)36-2)20-11-13-21(14-12-20)33-28(31)32-16-15-19-7-4-3-5-8-19;2*3-2(4,5)1(6)7/h3-14,17H,15-16H2,1-2H3,(H3,29,30)(H3,31,32,33);2*(H,6,7). The van der Waals surface area contributed by atoms with Gasteiger partial charge in [-0.2, -0.15) is 26.3 Å². The minimum atomic E-state index is -5.08. The highest BCUT2D eigenvalue weighted by molar-refractivity contribution is 8.01. The Bertz CT molecular complexity index is 1980. The summed E-state index contributed by atoms with van der Waals surface area (Å²) in [6.45, 7) is 2.39. The van der Waals surface area contributed by atoms with Crippen LogP contribution in [0.3, 0.4) is 0 Å². The number of nitrogens with two attached hydrogens (primary N) is 2. The number of aliphatic carboxylic acids is 2. The Balaban J connectivity index is 0.000000564. The van der Waals surface area contributed by atoms with Gasteiger partial charge in [0.05, 0.1) is 18.9 Å². The molecule has 1 heterocycles. The van der Waals surface area contributed by atoms with Gasteiger partial charge in [0, 0.05) is 12.2 Å². The average Bonchev–Trinajstić information content (AvgIpc) is 3.52. The molecule has 280 valence electrons. The number of guanidine groups is 1. The fraction of sp³-hybridized carbons (Fsp3) is 0.188. The zero-order chi connectivity index (χ0) is 39.4. The number of nitrogen functional groups attached to an aromatic ring is 1. The molecule has 0 saturated heterocycles. The molecule has 0 saturated carbocycles. The number of carbonyl (C=O) groups is 2. The zero-order valence-corrected chi connectivity index (χ0v) is 29.5. The molecule has 0 radical (unpaired) electrons. The second-order valence-corrected chi connectivity index (χ2v) is 14.1. The Hall–Kier alpha value is -5.08. The molecule has 0 unspecified atom stereocenters. The van der Waals surface area contributed by atoms with E-state index in [9.17, 15) is 34.8 Å². The van der Waals surface area contributed by atoms with E-state index >= 15 is 0 Å². The first-order chi connectivity index (χ1) is 24.1. The average molecular weight is 792 g/mol. The van der Waals surface area contributed by atoms with E-state index in [1.54, 1.807) is 12.1 Å². The van der Waals surface area contributed by atoms with E-state index in [-0.39, 0.29) is 15.6 Å². The molecule has 4 rings (SSSR count). The summed E-state index contributed by atoms with van der Waals surface area (Å²) in [5.41, 5.74) is 16.0. The predicted octanol–water partition coefficient (Wildman–Crippen LogP) is 6.80. The molecule has 0 amide bonds. The third kappa shape index (κ3) is 12.6. The van der Waals surface area contributed by atoms with Crippen molar-refractivity contribution in [1.82, 2.24) is 0 Å². The number of nitrogens with one attached hydrogen (secondary N) is 2. The Kier molecular flexibility index (Phi) is 15.3. The van der Waals surface area contributed by atoms with E-state index in [1.807, 2.05) is 61.7 Å². The Morgan fingerprint density at radius 3 is 1.90 bits per heavy atom. The number of halogens is 6. The van der Waals surface area contributed by atoms with Crippen molar-refractivity contribution in [2.45, 2.75) is 39.7 Å². The summed E-state index contributed by atoms with van der Waals surface area (Å²) in [7, 11) is -3.82. The molecule has 0 bridgehead atoms. The second kappa shape index (κ2) is 18.4. The van der Waals surface area contributed by atoms with Crippen LogP contribution in [0.15, 0.2) is 97.9 Å². The summed E-state index contributed by atoms with van der Waals surface area (Å²) in [4.78, 5) is 23.0. The largest absolute Gasteiger partial charge is 0.490 e. The number of thioether (sulfide) groups is 1. The molecule has 3 aromatic carbocycles. The molecule has 52 heavy (non-hydrogen) atoms. The summed E-state index contributed by atoms with van der Waals surface area (Å²) in [5, 5.41) is 25.1. The fourth-order valence-corrected chi connectivity index (χ4v) is 8.14. The van der Waals surface area contributed by atoms with Crippen LogP contribution in [0.5, 0.6) is 0 Å². The molecule has 4 aromatic rings. The Morgan fingerprint density at radius 1 is 0.885 bits per heavy atom. The number of carboxylic acids is 2. The van der Waals surface area contributed by atoms with Crippen molar-refractivity contribution in [1.29, 1.82) is 5.41 Å². The summed E-state index contributed by atoms with van der Waals surface area (Å²) < 4.78 is 91.4. The number of hydrogen-bond donors (Lipinski definition) is 6.